The monoisotopic (exact) mass is 406 g/mol. The van der Waals surface area contributed by atoms with Crippen molar-refractivity contribution in [1.29, 1.82) is 0 Å². The van der Waals surface area contributed by atoms with Crippen LogP contribution in [0.2, 0.25) is 0 Å². The Bertz CT molecular complexity index is 961. The Morgan fingerprint density at radius 2 is 1.83 bits per heavy atom. The second kappa shape index (κ2) is 7.55. The van der Waals surface area contributed by atoms with Gasteiger partial charge >= 0.3 is 5.97 Å². The number of ether oxygens (including phenoxy) is 1. The van der Waals surface area contributed by atoms with E-state index >= 15 is 0 Å². The highest BCUT2D eigenvalue weighted by atomic mass is 16.5. The van der Waals surface area contributed by atoms with Crippen LogP contribution in [-0.2, 0) is 26.2 Å². The molecule has 1 saturated carbocycles. The van der Waals surface area contributed by atoms with Gasteiger partial charge in [0, 0.05) is 11.6 Å². The molecular formula is C25H30N2O3. The van der Waals surface area contributed by atoms with Crippen LogP contribution in [0.4, 0.5) is 5.69 Å². The van der Waals surface area contributed by atoms with E-state index in [1.54, 1.807) is 6.92 Å². The molecule has 2 aliphatic carbocycles. The third-order valence-corrected chi connectivity index (χ3v) is 6.81. The van der Waals surface area contributed by atoms with Gasteiger partial charge in [-0.2, -0.15) is 0 Å². The van der Waals surface area contributed by atoms with Crippen molar-refractivity contribution in [2.45, 2.75) is 57.4 Å². The molecule has 3 N–H and O–H groups in total. The predicted molar refractivity (Wildman–Crippen MR) is 117 cm³/mol. The Balaban J connectivity index is 1.47. The van der Waals surface area contributed by atoms with Crippen molar-refractivity contribution >= 4 is 17.6 Å². The van der Waals surface area contributed by atoms with Crippen molar-refractivity contribution in [2.75, 3.05) is 11.9 Å². The summed E-state index contributed by atoms with van der Waals surface area (Å²) in [5, 5.41) is 2.97. The molecule has 1 spiro atoms. The molecule has 1 fully saturated rings. The van der Waals surface area contributed by atoms with E-state index in [1.165, 1.54) is 11.1 Å². The minimum Gasteiger partial charge on any atom is -0.465 e. The number of benzene rings is 2. The van der Waals surface area contributed by atoms with Gasteiger partial charge in [0.1, 0.15) is 0 Å². The summed E-state index contributed by atoms with van der Waals surface area (Å²) in [6.45, 7) is 5.81. The van der Waals surface area contributed by atoms with Crippen LogP contribution in [-0.4, -0.2) is 24.5 Å². The van der Waals surface area contributed by atoms with E-state index in [-0.39, 0.29) is 23.2 Å². The number of rotatable bonds is 6. The Hall–Kier alpha value is -2.66. The molecule has 158 valence electrons. The summed E-state index contributed by atoms with van der Waals surface area (Å²) in [4.78, 5) is 25.2. The third-order valence-electron chi connectivity index (χ3n) is 6.81. The van der Waals surface area contributed by atoms with Gasteiger partial charge in [-0.15, -0.1) is 0 Å². The van der Waals surface area contributed by atoms with Crippen LogP contribution in [0.3, 0.4) is 0 Å². The standard InChI is InChI=1S/C25H30N2O3/c1-4-30-23(29)24(2,3)17-9-11-18(12-10-17)27-22(28)21(26)20-19-8-6-5-7-16(19)15-25(20)13-14-25/h5-12,20-21H,4,13-15,26H2,1-3H3,(H,27,28)/t20?,21-/m0/s1. The summed E-state index contributed by atoms with van der Waals surface area (Å²) >= 11 is 0. The molecule has 0 bridgehead atoms. The van der Waals surface area contributed by atoms with Crippen LogP contribution >= 0.6 is 0 Å². The van der Waals surface area contributed by atoms with Gasteiger partial charge in [0.15, 0.2) is 0 Å². The maximum atomic E-state index is 13.0. The molecule has 30 heavy (non-hydrogen) atoms. The number of anilines is 1. The van der Waals surface area contributed by atoms with E-state index in [1.807, 2.05) is 44.2 Å². The zero-order valence-corrected chi connectivity index (χ0v) is 17.9. The lowest BCUT2D eigenvalue weighted by Crippen LogP contribution is -2.43. The Labute approximate surface area is 178 Å². The van der Waals surface area contributed by atoms with Crippen LogP contribution in [0, 0.1) is 5.41 Å². The summed E-state index contributed by atoms with van der Waals surface area (Å²) in [5.41, 5.74) is 9.98. The van der Waals surface area contributed by atoms with E-state index in [4.69, 9.17) is 10.5 Å². The van der Waals surface area contributed by atoms with E-state index < -0.39 is 11.5 Å². The number of nitrogens with one attached hydrogen (secondary N) is 1. The fraction of sp³-hybridized carbons (Fsp3) is 0.440. The molecule has 2 aromatic rings. The zero-order valence-electron chi connectivity index (χ0n) is 17.9. The second-order valence-electron chi connectivity index (χ2n) is 9.15. The second-order valence-corrected chi connectivity index (χ2v) is 9.15. The summed E-state index contributed by atoms with van der Waals surface area (Å²) in [7, 11) is 0. The maximum absolute atomic E-state index is 13.0. The molecule has 0 aliphatic heterocycles. The van der Waals surface area contributed by atoms with Gasteiger partial charge in [0.05, 0.1) is 18.1 Å². The third kappa shape index (κ3) is 3.52. The average Bonchev–Trinajstić information content (AvgIpc) is 3.41. The topological polar surface area (TPSA) is 81.4 Å². The highest BCUT2D eigenvalue weighted by molar-refractivity contribution is 5.96. The Morgan fingerprint density at radius 3 is 2.47 bits per heavy atom. The molecule has 2 aromatic carbocycles. The number of esters is 1. The van der Waals surface area contributed by atoms with E-state index in [0.717, 1.165) is 24.8 Å². The first kappa shape index (κ1) is 20.6. The summed E-state index contributed by atoms with van der Waals surface area (Å²) in [6.07, 6.45) is 3.28. The number of hydrogen-bond donors (Lipinski definition) is 2. The van der Waals surface area contributed by atoms with E-state index in [0.29, 0.717) is 12.3 Å². The first-order valence-corrected chi connectivity index (χ1v) is 10.7. The molecular weight excluding hydrogens is 376 g/mol. The fourth-order valence-corrected chi connectivity index (χ4v) is 4.82. The highest BCUT2D eigenvalue weighted by Crippen LogP contribution is 2.63. The normalized spacial score (nSPS) is 19.8. The van der Waals surface area contributed by atoms with Crippen LogP contribution in [0.15, 0.2) is 48.5 Å². The molecule has 0 radical (unpaired) electrons. The largest absolute Gasteiger partial charge is 0.465 e. The number of nitrogens with two attached hydrogens (primary N) is 1. The van der Waals surface area contributed by atoms with E-state index in [9.17, 15) is 9.59 Å². The Morgan fingerprint density at radius 1 is 1.17 bits per heavy atom. The van der Waals surface area contributed by atoms with Gasteiger partial charge in [-0.25, -0.2) is 0 Å². The van der Waals surface area contributed by atoms with Gasteiger partial charge in [-0.05, 0) is 74.3 Å². The van der Waals surface area contributed by atoms with Crippen molar-refractivity contribution in [3.63, 3.8) is 0 Å². The molecule has 5 heteroatoms. The molecule has 1 amide bonds. The molecule has 0 saturated heterocycles. The van der Waals surface area contributed by atoms with Crippen LogP contribution in [0.5, 0.6) is 0 Å². The van der Waals surface area contributed by atoms with Crippen molar-refractivity contribution in [2.24, 2.45) is 11.1 Å². The van der Waals surface area contributed by atoms with Gasteiger partial charge < -0.3 is 15.8 Å². The SMILES string of the molecule is CCOC(=O)C(C)(C)c1ccc(NC(=O)[C@@H](N)C2c3ccccc3CC23CC3)cc1. The average molecular weight is 407 g/mol. The molecule has 2 aliphatic rings. The molecule has 0 heterocycles. The molecule has 4 rings (SSSR count). The minimum absolute atomic E-state index is 0.0655. The van der Waals surface area contributed by atoms with Gasteiger partial charge in [0.2, 0.25) is 5.91 Å². The summed E-state index contributed by atoms with van der Waals surface area (Å²) < 4.78 is 5.17. The lowest BCUT2D eigenvalue weighted by atomic mass is 9.83. The van der Waals surface area contributed by atoms with Gasteiger partial charge in [-0.3, -0.25) is 9.59 Å². The van der Waals surface area contributed by atoms with Crippen LogP contribution in [0.1, 0.15) is 56.2 Å². The van der Waals surface area contributed by atoms with Crippen LogP contribution < -0.4 is 11.1 Å². The molecule has 0 aromatic heterocycles. The van der Waals surface area contributed by atoms with Gasteiger partial charge in [0.25, 0.3) is 0 Å². The summed E-state index contributed by atoms with van der Waals surface area (Å²) in [6, 6.07) is 15.1. The van der Waals surface area contributed by atoms with Crippen molar-refractivity contribution in [3.8, 4) is 0 Å². The first-order chi connectivity index (χ1) is 14.3. The van der Waals surface area contributed by atoms with Gasteiger partial charge in [-0.1, -0.05) is 36.4 Å². The van der Waals surface area contributed by atoms with Crippen molar-refractivity contribution < 1.29 is 14.3 Å². The lowest BCUT2D eigenvalue weighted by molar-refractivity contribution is -0.148. The van der Waals surface area contributed by atoms with Crippen molar-refractivity contribution in [1.82, 2.24) is 0 Å². The minimum atomic E-state index is -0.749. The zero-order chi connectivity index (χ0) is 21.5. The number of carbonyl (C=O) groups excluding carboxylic acids is 2. The fourth-order valence-electron chi connectivity index (χ4n) is 4.82. The quantitative estimate of drug-likeness (QED) is 0.713. The molecule has 1 unspecified atom stereocenters. The van der Waals surface area contributed by atoms with E-state index in [2.05, 4.69) is 23.5 Å². The lowest BCUT2D eigenvalue weighted by Gasteiger charge is -2.26. The Kier molecular flexibility index (Phi) is 5.18. The molecule has 2 atom stereocenters. The first-order valence-electron chi connectivity index (χ1n) is 10.7. The van der Waals surface area contributed by atoms with Crippen molar-refractivity contribution in [3.05, 3.63) is 65.2 Å². The number of carbonyl (C=O) groups is 2. The maximum Gasteiger partial charge on any atom is 0.315 e. The number of fused-ring (bicyclic) bond motifs is 1. The van der Waals surface area contributed by atoms with Crippen LogP contribution in [0.25, 0.3) is 0 Å². The smallest absolute Gasteiger partial charge is 0.315 e. The summed E-state index contributed by atoms with van der Waals surface area (Å²) in [5.74, 6) is -0.366. The molecule has 5 nitrogen and oxygen atoms in total. The number of hydrogen-bond acceptors (Lipinski definition) is 4. The number of amides is 1. The predicted octanol–water partition coefficient (Wildman–Crippen LogP) is 3.91. The highest BCUT2D eigenvalue weighted by Gasteiger charge is 2.57.